The van der Waals surface area contributed by atoms with Crippen molar-refractivity contribution in [1.29, 1.82) is 0 Å². The van der Waals surface area contributed by atoms with E-state index in [4.69, 9.17) is 5.73 Å². The molecule has 1 saturated carbocycles. The van der Waals surface area contributed by atoms with Crippen molar-refractivity contribution in [2.24, 2.45) is 5.73 Å². The van der Waals surface area contributed by atoms with Crippen molar-refractivity contribution in [2.75, 3.05) is 26.7 Å². The van der Waals surface area contributed by atoms with Crippen molar-refractivity contribution in [3.63, 3.8) is 0 Å². The largest absolute Gasteiger partial charge is 0.329 e. The number of likely N-dealkylation sites (N-methyl/N-ethyl adjacent to an activating group) is 1. The second-order valence-corrected chi connectivity index (χ2v) is 5.65. The molecule has 2 N–H and O–H groups in total. The fourth-order valence-electron chi connectivity index (χ4n) is 3.29. The summed E-state index contributed by atoms with van der Waals surface area (Å²) in [5, 5.41) is 0. The molecule has 3 heteroatoms. The first-order valence-corrected chi connectivity index (χ1v) is 6.88. The predicted octanol–water partition coefficient (Wildman–Crippen LogP) is 1.28. The van der Waals surface area contributed by atoms with E-state index in [0.717, 1.165) is 12.6 Å². The molecule has 0 amide bonds. The second-order valence-electron chi connectivity index (χ2n) is 5.65. The Kier molecular flexibility index (Phi) is 4.22. The summed E-state index contributed by atoms with van der Waals surface area (Å²) < 4.78 is 0. The Balaban J connectivity index is 1.94. The standard InChI is InChI=1S/C13H27N3/c1-11-9-16(10-13(8-14)15(11)2)12-6-4-3-5-7-12/h11-13H,3-10,14H2,1-2H3. The van der Waals surface area contributed by atoms with Crippen LogP contribution in [0.15, 0.2) is 0 Å². The lowest BCUT2D eigenvalue weighted by atomic mass is 9.92. The van der Waals surface area contributed by atoms with Gasteiger partial charge in [-0.15, -0.1) is 0 Å². The van der Waals surface area contributed by atoms with Crippen LogP contribution < -0.4 is 5.73 Å². The van der Waals surface area contributed by atoms with E-state index >= 15 is 0 Å². The van der Waals surface area contributed by atoms with Crippen molar-refractivity contribution in [1.82, 2.24) is 9.80 Å². The Hall–Kier alpha value is -0.120. The molecule has 2 aliphatic rings. The highest BCUT2D eigenvalue weighted by molar-refractivity contribution is 4.89. The zero-order chi connectivity index (χ0) is 11.5. The quantitative estimate of drug-likeness (QED) is 0.768. The van der Waals surface area contributed by atoms with E-state index in [1.165, 1.54) is 45.2 Å². The highest BCUT2D eigenvalue weighted by atomic mass is 15.3. The molecule has 1 saturated heterocycles. The normalized spacial score (nSPS) is 35.4. The molecule has 2 unspecified atom stereocenters. The number of nitrogens with zero attached hydrogens (tertiary/aromatic N) is 2. The molecule has 94 valence electrons. The van der Waals surface area contributed by atoms with Crippen molar-refractivity contribution in [3.05, 3.63) is 0 Å². The Labute approximate surface area is 100.0 Å². The Morgan fingerprint density at radius 2 is 1.81 bits per heavy atom. The monoisotopic (exact) mass is 225 g/mol. The molecular weight excluding hydrogens is 198 g/mol. The first-order chi connectivity index (χ1) is 7.72. The van der Waals surface area contributed by atoms with Crippen molar-refractivity contribution >= 4 is 0 Å². The Morgan fingerprint density at radius 1 is 1.12 bits per heavy atom. The lowest BCUT2D eigenvalue weighted by molar-refractivity contribution is 0.0198. The topological polar surface area (TPSA) is 32.5 Å². The summed E-state index contributed by atoms with van der Waals surface area (Å²) in [5.74, 6) is 0. The van der Waals surface area contributed by atoms with Crippen LogP contribution in [0, 0.1) is 0 Å². The summed E-state index contributed by atoms with van der Waals surface area (Å²) in [5.41, 5.74) is 5.88. The van der Waals surface area contributed by atoms with Crippen LogP contribution in [0.3, 0.4) is 0 Å². The van der Waals surface area contributed by atoms with E-state index in [1.807, 2.05) is 0 Å². The number of nitrogens with two attached hydrogens (primary N) is 1. The van der Waals surface area contributed by atoms with Crippen LogP contribution in [0.2, 0.25) is 0 Å². The van der Waals surface area contributed by atoms with E-state index in [0.29, 0.717) is 12.1 Å². The SMILES string of the molecule is CC1CN(C2CCCCC2)CC(CN)N1C. The molecule has 0 bridgehead atoms. The summed E-state index contributed by atoms with van der Waals surface area (Å²) >= 11 is 0. The predicted molar refractivity (Wildman–Crippen MR) is 68.5 cm³/mol. The van der Waals surface area contributed by atoms with Crippen LogP contribution in [0.5, 0.6) is 0 Å². The van der Waals surface area contributed by atoms with Gasteiger partial charge in [0.2, 0.25) is 0 Å². The fraction of sp³-hybridized carbons (Fsp3) is 1.00. The molecule has 1 heterocycles. The molecule has 0 aromatic rings. The fourth-order valence-corrected chi connectivity index (χ4v) is 3.29. The smallest absolute Gasteiger partial charge is 0.0346 e. The third kappa shape index (κ3) is 2.58. The number of rotatable bonds is 2. The maximum Gasteiger partial charge on any atom is 0.0346 e. The molecule has 0 radical (unpaired) electrons. The van der Waals surface area contributed by atoms with Crippen molar-refractivity contribution < 1.29 is 0 Å². The molecule has 2 atom stereocenters. The maximum atomic E-state index is 5.88. The molecule has 0 aromatic heterocycles. The highest BCUT2D eigenvalue weighted by Crippen LogP contribution is 2.25. The molecule has 0 spiro atoms. The number of hydrogen-bond donors (Lipinski definition) is 1. The van der Waals surface area contributed by atoms with E-state index in [2.05, 4.69) is 23.8 Å². The Bertz CT molecular complexity index is 213. The van der Waals surface area contributed by atoms with Gasteiger partial charge in [-0.2, -0.15) is 0 Å². The lowest BCUT2D eigenvalue weighted by Crippen LogP contribution is -2.60. The minimum Gasteiger partial charge on any atom is -0.329 e. The van der Waals surface area contributed by atoms with Gasteiger partial charge in [0.05, 0.1) is 0 Å². The van der Waals surface area contributed by atoms with Crippen LogP contribution in [0.4, 0.5) is 0 Å². The van der Waals surface area contributed by atoms with Gasteiger partial charge in [-0.1, -0.05) is 19.3 Å². The average molecular weight is 225 g/mol. The van der Waals surface area contributed by atoms with Crippen molar-refractivity contribution in [3.8, 4) is 0 Å². The van der Waals surface area contributed by atoms with Gasteiger partial charge in [-0.3, -0.25) is 9.80 Å². The van der Waals surface area contributed by atoms with E-state index in [-0.39, 0.29) is 0 Å². The summed E-state index contributed by atoms with van der Waals surface area (Å²) in [6.45, 7) is 5.54. The van der Waals surface area contributed by atoms with Gasteiger partial charge >= 0.3 is 0 Å². The lowest BCUT2D eigenvalue weighted by Gasteiger charge is -2.47. The molecule has 0 aromatic carbocycles. The molecule has 1 aliphatic carbocycles. The van der Waals surface area contributed by atoms with Crippen LogP contribution in [0.25, 0.3) is 0 Å². The maximum absolute atomic E-state index is 5.88. The van der Waals surface area contributed by atoms with Gasteiger partial charge in [0.25, 0.3) is 0 Å². The van der Waals surface area contributed by atoms with Gasteiger partial charge < -0.3 is 5.73 Å². The van der Waals surface area contributed by atoms with Crippen LogP contribution >= 0.6 is 0 Å². The van der Waals surface area contributed by atoms with Gasteiger partial charge in [-0.25, -0.2) is 0 Å². The molecule has 2 rings (SSSR count). The summed E-state index contributed by atoms with van der Waals surface area (Å²) in [6, 6.07) is 2.06. The Morgan fingerprint density at radius 3 is 2.44 bits per heavy atom. The zero-order valence-corrected chi connectivity index (χ0v) is 10.9. The summed E-state index contributed by atoms with van der Waals surface area (Å²) in [7, 11) is 2.22. The minimum atomic E-state index is 0.561. The van der Waals surface area contributed by atoms with Gasteiger partial charge in [-0.05, 0) is 26.8 Å². The molecule has 16 heavy (non-hydrogen) atoms. The highest BCUT2D eigenvalue weighted by Gasteiger charge is 2.32. The third-order valence-electron chi connectivity index (χ3n) is 4.58. The van der Waals surface area contributed by atoms with Crippen molar-refractivity contribution in [2.45, 2.75) is 57.2 Å². The van der Waals surface area contributed by atoms with E-state index < -0.39 is 0 Å². The molecule has 1 aliphatic heterocycles. The van der Waals surface area contributed by atoms with E-state index in [9.17, 15) is 0 Å². The van der Waals surface area contributed by atoms with Gasteiger partial charge in [0.1, 0.15) is 0 Å². The summed E-state index contributed by atoms with van der Waals surface area (Å²) in [4.78, 5) is 5.17. The number of hydrogen-bond acceptors (Lipinski definition) is 3. The molecular formula is C13H27N3. The minimum absolute atomic E-state index is 0.561. The van der Waals surface area contributed by atoms with Gasteiger partial charge in [0, 0.05) is 37.8 Å². The summed E-state index contributed by atoms with van der Waals surface area (Å²) in [6.07, 6.45) is 7.12. The van der Waals surface area contributed by atoms with Crippen LogP contribution in [0.1, 0.15) is 39.0 Å². The van der Waals surface area contributed by atoms with E-state index in [1.54, 1.807) is 0 Å². The molecule has 3 nitrogen and oxygen atoms in total. The van der Waals surface area contributed by atoms with Crippen LogP contribution in [-0.4, -0.2) is 54.6 Å². The second kappa shape index (κ2) is 5.48. The first-order valence-electron chi connectivity index (χ1n) is 6.88. The zero-order valence-electron chi connectivity index (χ0n) is 10.9. The third-order valence-corrected chi connectivity index (χ3v) is 4.58. The van der Waals surface area contributed by atoms with Gasteiger partial charge in [0.15, 0.2) is 0 Å². The van der Waals surface area contributed by atoms with Crippen LogP contribution in [-0.2, 0) is 0 Å². The number of piperazine rings is 1. The first kappa shape index (κ1) is 12.3. The average Bonchev–Trinajstić information content (AvgIpc) is 2.33. The molecule has 2 fully saturated rings.